The Balaban J connectivity index is 0.000000732. The molecule has 0 bridgehead atoms. The van der Waals surface area contributed by atoms with Crippen molar-refractivity contribution < 1.29 is 14.3 Å². The van der Waals surface area contributed by atoms with Crippen LogP contribution in [-0.4, -0.2) is 39.0 Å². The number of hydrogen-bond donors (Lipinski definition) is 2. The molecule has 4 aromatic rings. The number of hydrogen-bond acceptors (Lipinski definition) is 7. The number of benzene rings is 2. The van der Waals surface area contributed by atoms with Gasteiger partial charge < -0.3 is 20.2 Å². The molecule has 9 heteroatoms. The number of carbonyl (C=O) groups is 2. The predicted octanol–water partition coefficient (Wildman–Crippen LogP) is 5.75. The van der Waals surface area contributed by atoms with Crippen LogP contribution in [0.1, 0.15) is 45.7 Å². The quantitative estimate of drug-likeness (QED) is 0.301. The summed E-state index contributed by atoms with van der Waals surface area (Å²) >= 11 is 0. The van der Waals surface area contributed by atoms with E-state index in [4.69, 9.17) is 4.74 Å². The van der Waals surface area contributed by atoms with Gasteiger partial charge in [-0.1, -0.05) is 26.0 Å². The minimum atomic E-state index is -0.139. The van der Waals surface area contributed by atoms with Crippen LogP contribution < -0.4 is 15.4 Å². The Bertz CT molecular complexity index is 1410. The van der Waals surface area contributed by atoms with E-state index in [1.54, 1.807) is 6.20 Å². The van der Waals surface area contributed by atoms with Gasteiger partial charge in [-0.25, -0.2) is 9.97 Å². The van der Waals surface area contributed by atoms with Crippen molar-refractivity contribution in [3.05, 3.63) is 66.2 Å². The van der Waals surface area contributed by atoms with E-state index in [1.807, 2.05) is 75.1 Å². The van der Waals surface area contributed by atoms with Crippen molar-refractivity contribution in [1.29, 1.82) is 0 Å². The number of fused-ring (bicyclic) bond motifs is 1. The van der Waals surface area contributed by atoms with E-state index in [1.165, 1.54) is 6.33 Å². The van der Waals surface area contributed by atoms with Gasteiger partial charge in [0.2, 0.25) is 11.8 Å². The lowest BCUT2D eigenvalue weighted by molar-refractivity contribution is -0.115. The standard InChI is InChI=1S/C25H28N6O2.C4H8O/c1-16-10-17(11-23(32)30-19-13-29-31(14-19)25(2,3)4)6-9-22(16)33-24-20-12-18(26-5)7-8-21(20)27-15-28-24;1-4(2)3-5/h6-10,12-15,26H,11H2,1-5H3,(H,30,32);3-4H,1-2H3. The lowest BCUT2D eigenvalue weighted by atomic mass is 10.1. The molecule has 0 aliphatic carbocycles. The fraction of sp³-hybridized carbons (Fsp3) is 0.345. The zero-order valence-electron chi connectivity index (χ0n) is 23.1. The van der Waals surface area contributed by atoms with Gasteiger partial charge in [0.1, 0.15) is 18.4 Å². The summed E-state index contributed by atoms with van der Waals surface area (Å²) in [4.78, 5) is 30.7. The van der Waals surface area contributed by atoms with E-state index in [-0.39, 0.29) is 23.8 Å². The van der Waals surface area contributed by atoms with Crippen molar-refractivity contribution in [3.8, 4) is 11.6 Å². The smallest absolute Gasteiger partial charge is 0.230 e. The van der Waals surface area contributed by atoms with E-state index in [9.17, 15) is 9.59 Å². The molecule has 0 atom stereocenters. The third-order valence-corrected chi connectivity index (χ3v) is 5.52. The molecule has 2 N–H and O–H groups in total. The van der Waals surface area contributed by atoms with Crippen molar-refractivity contribution in [2.45, 2.75) is 53.5 Å². The SMILES string of the molecule is CC(C)C=O.CNc1ccc2ncnc(Oc3ccc(CC(=O)Nc4cnn(C(C)(C)C)c4)cc3C)c2c1. The Kier molecular flexibility index (Phi) is 9.17. The number of aldehydes is 1. The zero-order chi connectivity index (χ0) is 27.9. The number of nitrogens with zero attached hydrogens (tertiary/aromatic N) is 4. The molecule has 2 aromatic heterocycles. The number of ether oxygens (including phenoxy) is 1. The number of nitrogens with one attached hydrogen (secondary N) is 2. The average Bonchev–Trinajstić information content (AvgIpc) is 3.35. The Morgan fingerprint density at radius 2 is 1.84 bits per heavy atom. The Hall–Kier alpha value is -4.27. The highest BCUT2D eigenvalue weighted by molar-refractivity contribution is 5.92. The molecule has 0 aliphatic heterocycles. The molecular weight excluding hydrogens is 480 g/mol. The first-order valence-electron chi connectivity index (χ1n) is 12.5. The van der Waals surface area contributed by atoms with Crippen LogP contribution in [0.5, 0.6) is 11.6 Å². The summed E-state index contributed by atoms with van der Waals surface area (Å²) in [7, 11) is 1.86. The first-order valence-corrected chi connectivity index (χ1v) is 12.5. The van der Waals surface area contributed by atoms with Gasteiger partial charge >= 0.3 is 0 Å². The lowest BCUT2D eigenvalue weighted by Gasteiger charge is -2.18. The monoisotopic (exact) mass is 516 g/mol. The van der Waals surface area contributed by atoms with E-state index in [0.717, 1.165) is 34.0 Å². The molecule has 0 fully saturated rings. The van der Waals surface area contributed by atoms with Crippen LogP contribution in [0.2, 0.25) is 0 Å². The molecule has 2 aromatic carbocycles. The Labute approximate surface area is 223 Å². The normalized spacial score (nSPS) is 11.1. The minimum absolute atomic E-state index is 0.0992. The summed E-state index contributed by atoms with van der Waals surface area (Å²) in [5.74, 6) is 1.27. The maximum atomic E-state index is 12.5. The maximum absolute atomic E-state index is 12.5. The molecule has 9 nitrogen and oxygen atoms in total. The molecule has 0 saturated carbocycles. The zero-order valence-corrected chi connectivity index (χ0v) is 23.1. The van der Waals surface area contributed by atoms with Crippen LogP contribution >= 0.6 is 0 Å². The topological polar surface area (TPSA) is 111 Å². The number of aryl methyl sites for hydroxylation is 1. The van der Waals surface area contributed by atoms with Crippen LogP contribution in [0, 0.1) is 12.8 Å². The second kappa shape index (κ2) is 12.3. The van der Waals surface area contributed by atoms with Crippen molar-refractivity contribution >= 4 is 34.5 Å². The van der Waals surface area contributed by atoms with Gasteiger partial charge in [0, 0.05) is 24.8 Å². The molecule has 2 heterocycles. The van der Waals surface area contributed by atoms with Crippen LogP contribution in [0.15, 0.2) is 55.1 Å². The van der Waals surface area contributed by atoms with Crippen molar-refractivity contribution in [2.75, 3.05) is 17.7 Å². The predicted molar refractivity (Wildman–Crippen MR) is 151 cm³/mol. The summed E-state index contributed by atoms with van der Waals surface area (Å²) in [6.07, 6.45) is 6.17. The average molecular weight is 517 g/mol. The van der Waals surface area contributed by atoms with E-state index >= 15 is 0 Å². The van der Waals surface area contributed by atoms with E-state index in [0.29, 0.717) is 17.3 Å². The fourth-order valence-electron chi connectivity index (χ4n) is 3.45. The second-order valence-electron chi connectivity index (χ2n) is 10.3. The summed E-state index contributed by atoms with van der Waals surface area (Å²) < 4.78 is 7.95. The van der Waals surface area contributed by atoms with Gasteiger partial charge in [-0.3, -0.25) is 9.48 Å². The molecular formula is C29H36N6O3. The van der Waals surface area contributed by atoms with Gasteiger partial charge in [0.25, 0.3) is 0 Å². The molecule has 4 rings (SSSR count). The summed E-state index contributed by atoms with van der Waals surface area (Å²) in [6.45, 7) is 11.8. The number of anilines is 2. The second-order valence-corrected chi connectivity index (χ2v) is 10.3. The number of carbonyl (C=O) groups excluding carboxylic acids is 2. The highest BCUT2D eigenvalue weighted by Crippen LogP contribution is 2.31. The molecule has 0 unspecified atom stereocenters. The van der Waals surface area contributed by atoms with Crippen molar-refractivity contribution in [1.82, 2.24) is 19.7 Å². The van der Waals surface area contributed by atoms with Crippen molar-refractivity contribution in [3.63, 3.8) is 0 Å². The number of rotatable bonds is 7. The number of amides is 1. The highest BCUT2D eigenvalue weighted by atomic mass is 16.5. The largest absolute Gasteiger partial charge is 0.438 e. The van der Waals surface area contributed by atoms with Gasteiger partial charge in [-0.05, 0) is 63.1 Å². The first-order chi connectivity index (χ1) is 18.0. The van der Waals surface area contributed by atoms with Crippen LogP contribution in [0.25, 0.3) is 10.9 Å². The van der Waals surface area contributed by atoms with Crippen LogP contribution in [0.4, 0.5) is 11.4 Å². The van der Waals surface area contributed by atoms with Crippen LogP contribution in [0.3, 0.4) is 0 Å². The molecule has 1 amide bonds. The lowest BCUT2D eigenvalue weighted by Crippen LogP contribution is -2.22. The van der Waals surface area contributed by atoms with Crippen molar-refractivity contribution in [2.24, 2.45) is 5.92 Å². The number of aromatic nitrogens is 4. The molecule has 0 aliphatic rings. The Morgan fingerprint density at radius 3 is 2.45 bits per heavy atom. The highest BCUT2D eigenvalue weighted by Gasteiger charge is 2.15. The first kappa shape index (κ1) is 28.3. The molecule has 0 radical (unpaired) electrons. The minimum Gasteiger partial charge on any atom is -0.438 e. The fourth-order valence-corrected chi connectivity index (χ4v) is 3.45. The third kappa shape index (κ3) is 7.61. The van der Waals surface area contributed by atoms with E-state index in [2.05, 4.69) is 46.5 Å². The van der Waals surface area contributed by atoms with Gasteiger partial charge in [-0.2, -0.15) is 5.10 Å². The third-order valence-electron chi connectivity index (χ3n) is 5.52. The van der Waals surface area contributed by atoms with Gasteiger partial charge in [-0.15, -0.1) is 0 Å². The van der Waals surface area contributed by atoms with Gasteiger partial charge in [0.15, 0.2) is 0 Å². The molecule has 200 valence electrons. The molecule has 38 heavy (non-hydrogen) atoms. The van der Waals surface area contributed by atoms with Crippen LogP contribution in [-0.2, 0) is 21.5 Å². The van der Waals surface area contributed by atoms with Gasteiger partial charge in [0.05, 0.1) is 34.7 Å². The molecule has 0 saturated heterocycles. The summed E-state index contributed by atoms with van der Waals surface area (Å²) in [5.41, 5.74) is 4.11. The van der Waals surface area contributed by atoms with E-state index < -0.39 is 0 Å². The summed E-state index contributed by atoms with van der Waals surface area (Å²) in [5, 5.41) is 11.2. The summed E-state index contributed by atoms with van der Waals surface area (Å²) in [6, 6.07) is 11.6. The maximum Gasteiger partial charge on any atom is 0.230 e. The molecule has 0 spiro atoms. The Morgan fingerprint density at radius 1 is 1.11 bits per heavy atom.